The molecule has 0 unspecified atom stereocenters. The molecule has 0 saturated heterocycles. The number of carbonyl (C=O) groups is 2. The first-order chi connectivity index (χ1) is 26.7. The molecule has 2 aliphatic heterocycles. The molecule has 55 heavy (non-hydrogen) atoms. The van der Waals surface area contributed by atoms with Gasteiger partial charge >= 0.3 is 11.9 Å². The van der Waals surface area contributed by atoms with Gasteiger partial charge in [-0.3, -0.25) is 0 Å². The van der Waals surface area contributed by atoms with Crippen LogP contribution in [0.5, 0.6) is 0 Å². The molecule has 0 atom stereocenters. The summed E-state index contributed by atoms with van der Waals surface area (Å²) < 4.78 is 29.1. The molecular weight excluding hydrogens is 689 g/mol. The van der Waals surface area contributed by atoms with Gasteiger partial charge in [-0.2, -0.15) is 0 Å². The van der Waals surface area contributed by atoms with Crippen LogP contribution < -0.4 is 19.9 Å². The summed E-state index contributed by atoms with van der Waals surface area (Å²) in [5.74, 6) is 0.441. The van der Waals surface area contributed by atoms with Gasteiger partial charge in [-0.25, -0.2) is 18.7 Å². The Morgan fingerprint density at radius 2 is 0.964 bits per heavy atom. The Hall–Kier alpha value is -6.02. The fraction of sp³-hybridized carbons (Fsp3) is 0.277. The standard InChI is InChI=1S/C47H48N2O6/c1-9-48(10-2)29-21-23-35-37(25-29)54-39-27-40-45(41(28(5)6)44(39)42(35)31-17-13-15-19-33(31)46(50)52-7)43(32-18-14-16-20-34(32)47(51)53-8)36-24-22-30(26-38(36)55-40)49(11-3)12-4/h13-28H,9-12H2,1-8H3/q+2. The van der Waals surface area contributed by atoms with Crippen LogP contribution in [-0.4, -0.2) is 52.3 Å². The lowest BCUT2D eigenvalue weighted by Crippen LogP contribution is -2.29. The number of hydrogen-bond acceptors (Lipinski definition) is 6. The van der Waals surface area contributed by atoms with Gasteiger partial charge in [0.1, 0.15) is 48.9 Å². The van der Waals surface area contributed by atoms with Gasteiger partial charge in [-0.15, -0.1) is 0 Å². The Morgan fingerprint density at radius 1 is 0.564 bits per heavy atom. The highest BCUT2D eigenvalue weighted by Gasteiger charge is 2.30. The second-order valence-corrected chi connectivity index (χ2v) is 13.9. The maximum Gasteiger partial charge on any atom is 0.338 e. The Balaban J connectivity index is 1.79. The smallest absolute Gasteiger partial charge is 0.338 e. The van der Waals surface area contributed by atoms with Gasteiger partial charge in [0, 0.05) is 51.2 Å². The fourth-order valence-corrected chi connectivity index (χ4v) is 8.13. The van der Waals surface area contributed by atoms with Gasteiger partial charge in [0.25, 0.3) is 0 Å². The average molecular weight is 737 g/mol. The van der Waals surface area contributed by atoms with Crippen LogP contribution in [0, 0.1) is 0 Å². The highest BCUT2D eigenvalue weighted by molar-refractivity contribution is 6.17. The largest absolute Gasteiger partial charge is 0.465 e. The Morgan fingerprint density at radius 3 is 1.33 bits per heavy atom. The van der Waals surface area contributed by atoms with E-state index in [-0.39, 0.29) is 5.92 Å². The number of nitrogens with zero attached hydrogens (tertiary/aromatic N) is 2. The van der Waals surface area contributed by atoms with Crippen molar-refractivity contribution in [3.8, 4) is 44.9 Å². The first-order valence-electron chi connectivity index (χ1n) is 19.1. The van der Waals surface area contributed by atoms with Gasteiger partial charge in [0.05, 0.1) is 37.5 Å². The molecule has 8 heteroatoms. The molecule has 0 saturated carbocycles. The van der Waals surface area contributed by atoms with E-state index in [9.17, 15) is 9.59 Å². The summed E-state index contributed by atoms with van der Waals surface area (Å²) in [7, 11) is 2.81. The van der Waals surface area contributed by atoms with Gasteiger partial charge in [0.2, 0.25) is 10.7 Å². The zero-order valence-electron chi connectivity index (χ0n) is 32.9. The van der Waals surface area contributed by atoms with Crippen LogP contribution in [0.2, 0.25) is 0 Å². The molecular formula is C47H48N2O6+2. The van der Waals surface area contributed by atoms with Gasteiger partial charge < -0.3 is 18.3 Å². The van der Waals surface area contributed by atoms with Crippen molar-refractivity contribution in [2.75, 3.05) is 40.4 Å². The maximum atomic E-state index is 13.5. The number of esters is 2. The topological polar surface area (TPSA) is 84.9 Å². The SMILES string of the molecule is CC[N+](CC)=c1ccc2c(-c3ccccc3C(=O)OC)c3c(C(C)C)c4c(-c5ccccc5C(=O)OC)c5ccc(=[N+](CC)CC)cc-5oc4cc3oc-2c1. The van der Waals surface area contributed by atoms with Crippen LogP contribution in [0.25, 0.3) is 66.8 Å². The molecule has 8 nitrogen and oxygen atoms in total. The van der Waals surface area contributed by atoms with Gasteiger partial charge in [0.15, 0.2) is 0 Å². The fourth-order valence-electron chi connectivity index (χ4n) is 8.13. The quantitative estimate of drug-likeness (QED) is 0.0836. The van der Waals surface area contributed by atoms with Crippen molar-refractivity contribution < 1.29 is 27.9 Å². The minimum Gasteiger partial charge on any atom is -0.465 e. The number of methoxy groups -OCH3 is 2. The van der Waals surface area contributed by atoms with E-state index in [0.717, 1.165) is 86.6 Å². The summed E-state index contributed by atoms with van der Waals surface area (Å²) in [6, 6.07) is 29.7. The summed E-state index contributed by atoms with van der Waals surface area (Å²) in [5.41, 5.74) is 8.00. The van der Waals surface area contributed by atoms with Crippen molar-refractivity contribution in [1.29, 1.82) is 0 Å². The molecule has 0 spiro atoms. The molecule has 7 rings (SSSR count). The third kappa shape index (κ3) is 6.39. The van der Waals surface area contributed by atoms with Crippen LogP contribution in [0.4, 0.5) is 0 Å². The number of hydrogen-bond donors (Lipinski definition) is 0. The average Bonchev–Trinajstić information content (AvgIpc) is 3.21. The predicted octanol–water partition coefficient (Wildman–Crippen LogP) is 9.04. The van der Waals surface area contributed by atoms with Crippen molar-refractivity contribution in [1.82, 2.24) is 9.15 Å². The number of rotatable bonds is 9. The lowest BCUT2D eigenvalue weighted by molar-refractivity contribution is 0.0592. The number of ether oxygens (including phenoxy) is 2. The highest BCUT2D eigenvalue weighted by atomic mass is 16.5. The first kappa shape index (κ1) is 37.3. The van der Waals surface area contributed by atoms with E-state index in [2.05, 4.69) is 87.1 Å². The molecule has 2 aliphatic carbocycles. The van der Waals surface area contributed by atoms with Crippen molar-refractivity contribution in [2.24, 2.45) is 0 Å². The zero-order valence-corrected chi connectivity index (χ0v) is 32.9. The van der Waals surface area contributed by atoms with E-state index in [0.29, 0.717) is 33.8 Å². The van der Waals surface area contributed by atoms with E-state index >= 15 is 0 Å². The molecule has 0 fully saturated rings. The molecule has 280 valence electrons. The zero-order chi connectivity index (χ0) is 39.0. The summed E-state index contributed by atoms with van der Waals surface area (Å²) in [6.07, 6.45) is 0. The van der Waals surface area contributed by atoms with Crippen LogP contribution in [0.15, 0.2) is 99.8 Å². The summed E-state index contributed by atoms with van der Waals surface area (Å²) in [4.78, 5) is 26.9. The normalized spacial score (nSPS) is 11.5. The number of fused-ring (bicyclic) bond motifs is 4. The highest BCUT2D eigenvalue weighted by Crippen LogP contribution is 2.50. The van der Waals surface area contributed by atoms with Crippen molar-refractivity contribution in [3.63, 3.8) is 0 Å². The molecule has 3 aromatic carbocycles. The van der Waals surface area contributed by atoms with Crippen molar-refractivity contribution in [3.05, 3.63) is 118 Å². The van der Waals surface area contributed by atoms with Crippen LogP contribution in [0.1, 0.15) is 73.7 Å². The molecule has 0 radical (unpaired) electrons. The van der Waals surface area contributed by atoms with Crippen LogP contribution in [-0.2, 0) is 9.47 Å². The van der Waals surface area contributed by atoms with Gasteiger partial charge in [-0.1, -0.05) is 50.2 Å². The lowest BCUT2D eigenvalue weighted by Gasteiger charge is -2.25. The molecule has 2 heterocycles. The maximum absolute atomic E-state index is 13.5. The molecule has 4 aliphatic rings. The van der Waals surface area contributed by atoms with E-state index in [4.69, 9.17) is 18.3 Å². The molecule has 0 N–H and O–H groups in total. The minimum absolute atomic E-state index is 0.0653. The van der Waals surface area contributed by atoms with E-state index in [1.165, 1.54) is 14.2 Å². The predicted molar refractivity (Wildman–Crippen MR) is 220 cm³/mol. The minimum atomic E-state index is -0.429. The molecule has 0 amide bonds. The van der Waals surface area contributed by atoms with E-state index < -0.39 is 11.9 Å². The molecule has 0 aromatic heterocycles. The number of benzene rings is 5. The Kier molecular flexibility index (Phi) is 10.4. The molecule has 3 aromatic rings. The van der Waals surface area contributed by atoms with E-state index in [1.54, 1.807) is 12.1 Å². The monoisotopic (exact) mass is 736 g/mol. The van der Waals surface area contributed by atoms with Crippen LogP contribution >= 0.6 is 0 Å². The second-order valence-electron chi connectivity index (χ2n) is 13.9. The second kappa shape index (κ2) is 15.4. The Bertz CT molecular complexity index is 2510. The summed E-state index contributed by atoms with van der Waals surface area (Å²) in [6.45, 7) is 16.2. The third-order valence-corrected chi connectivity index (χ3v) is 10.7. The van der Waals surface area contributed by atoms with Crippen LogP contribution in [0.3, 0.4) is 0 Å². The van der Waals surface area contributed by atoms with E-state index in [1.807, 2.05) is 42.5 Å². The summed E-state index contributed by atoms with van der Waals surface area (Å²) in [5, 5.41) is 3.79. The number of carbonyl (C=O) groups excluding carboxylic acids is 2. The van der Waals surface area contributed by atoms with Crippen molar-refractivity contribution in [2.45, 2.75) is 47.5 Å². The molecule has 0 bridgehead atoms. The lowest BCUT2D eigenvalue weighted by atomic mass is 9.82. The van der Waals surface area contributed by atoms with Gasteiger partial charge in [-0.05, 0) is 74.6 Å². The van der Waals surface area contributed by atoms with Crippen molar-refractivity contribution >= 4 is 33.9 Å². The summed E-state index contributed by atoms with van der Waals surface area (Å²) >= 11 is 0. The Labute approximate surface area is 321 Å². The third-order valence-electron chi connectivity index (χ3n) is 10.7. The first-order valence-corrected chi connectivity index (χ1v) is 19.1.